The van der Waals surface area contributed by atoms with Crippen molar-refractivity contribution in [3.05, 3.63) is 11.9 Å². The van der Waals surface area contributed by atoms with Crippen molar-refractivity contribution in [2.45, 2.75) is 53.6 Å². The van der Waals surface area contributed by atoms with E-state index in [1.807, 2.05) is 10.9 Å². The van der Waals surface area contributed by atoms with Crippen molar-refractivity contribution in [3.63, 3.8) is 0 Å². The molecule has 0 spiro atoms. The van der Waals surface area contributed by atoms with E-state index in [-0.39, 0.29) is 0 Å². The minimum absolute atomic E-state index is 0.657. The smallest absolute Gasteiger partial charge is 0.0964 e. The maximum atomic E-state index is 5.61. The molecule has 5 heteroatoms. The van der Waals surface area contributed by atoms with Crippen LogP contribution in [0.3, 0.4) is 0 Å². The van der Waals surface area contributed by atoms with Gasteiger partial charge in [-0.05, 0) is 31.2 Å². The van der Waals surface area contributed by atoms with Gasteiger partial charge in [0.2, 0.25) is 0 Å². The van der Waals surface area contributed by atoms with Gasteiger partial charge >= 0.3 is 0 Å². The van der Waals surface area contributed by atoms with Crippen molar-refractivity contribution in [2.24, 2.45) is 11.8 Å². The Bertz CT molecular complexity index is 349. The van der Waals surface area contributed by atoms with Crippen LogP contribution in [0.25, 0.3) is 0 Å². The van der Waals surface area contributed by atoms with E-state index < -0.39 is 0 Å². The van der Waals surface area contributed by atoms with E-state index in [1.54, 1.807) is 0 Å². The Morgan fingerprint density at radius 2 is 2.00 bits per heavy atom. The monoisotopic (exact) mass is 282 g/mol. The Morgan fingerprint density at radius 3 is 2.70 bits per heavy atom. The van der Waals surface area contributed by atoms with Crippen LogP contribution >= 0.6 is 0 Å². The van der Waals surface area contributed by atoms with E-state index >= 15 is 0 Å². The number of nitrogens with one attached hydrogen (secondary N) is 1. The second kappa shape index (κ2) is 9.88. The molecule has 0 amide bonds. The number of ether oxygens (including phenoxy) is 1. The minimum atomic E-state index is 0.657. The van der Waals surface area contributed by atoms with Crippen LogP contribution in [0.2, 0.25) is 0 Å². The van der Waals surface area contributed by atoms with Crippen LogP contribution in [0.5, 0.6) is 0 Å². The van der Waals surface area contributed by atoms with Crippen LogP contribution in [0.15, 0.2) is 6.20 Å². The first-order valence-electron chi connectivity index (χ1n) is 7.75. The number of hydrogen-bond donors (Lipinski definition) is 1. The molecule has 1 aromatic heterocycles. The second-order valence-electron chi connectivity index (χ2n) is 6.15. The molecule has 0 aliphatic carbocycles. The van der Waals surface area contributed by atoms with Gasteiger partial charge in [-0.1, -0.05) is 32.9 Å². The fourth-order valence-electron chi connectivity index (χ4n) is 1.87. The fraction of sp³-hybridized carbons (Fsp3) is 0.867. The molecule has 0 radical (unpaired) electrons. The second-order valence-corrected chi connectivity index (χ2v) is 6.15. The molecule has 5 nitrogen and oxygen atoms in total. The van der Waals surface area contributed by atoms with Crippen LogP contribution in [0, 0.1) is 11.8 Å². The van der Waals surface area contributed by atoms with Crippen molar-refractivity contribution in [1.29, 1.82) is 0 Å². The first-order chi connectivity index (χ1) is 9.58. The van der Waals surface area contributed by atoms with Crippen LogP contribution in [0.1, 0.15) is 46.2 Å². The molecule has 1 rings (SSSR count). The summed E-state index contributed by atoms with van der Waals surface area (Å²) in [5, 5.41) is 11.6. The third-order valence-corrected chi connectivity index (χ3v) is 2.98. The molecule has 0 bridgehead atoms. The molecule has 1 aromatic rings. The van der Waals surface area contributed by atoms with Gasteiger partial charge in [0.15, 0.2) is 0 Å². The zero-order valence-electron chi connectivity index (χ0n) is 13.4. The molecule has 0 atom stereocenters. The zero-order valence-corrected chi connectivity index (χ0v) is 13.4. The molecular weight excluding hydrogens is 252 g/mol. The number of aromatic nitrogens is 3. The van der Waals surface area contributed by atoms with Crippen molar-refractivity contribution < 1.29 is 4.74 Å². The molecule has 116 valence electrons. The van der Waals surface area contributed by atoms with Gasteiger partial charge in [-0.2, -0.15) is 0 Å². The molecule has 0 aliphatic heterocycles. The predicted molar refractivity (Wildman–Crippen MR) is 81.5 cm³/mol. The lowest BCUT2D eigenvalue weighted by atomic mass is 10.1. The standard InChI is InChI=1S/C15H30N4O/c1-13(2)6-5-8-20-9-7-19-12-15(17-18-19)11-16-10-14(3)4/h12-14,16H,5-11H2,1-4H3. The van der Waals surface area contributed by atoms with Gasteiger partial charge in [-0.3, -0.25) is 0 Å². The van der Waals surface area contributed by atoms with Gasteiger partial charge in [0, 0.05) is 19.3 Å². The van der Waals surface area contributed by atoms with E-state index in [1.165, 1.54) is 6.42 Å². The van der Waals surface area contributed by atoms with E-state index in [2.05, 4.69) is 43.3 Å². The summed E-state index contributed by atoms with van der Waals surface area (Å²) in [4.78, 5) is 0. The highest BCUT2D eigenvalue weighted by Gasteiger charge is 2.01. The quantitative estimate of drug-likeness (QED) is 0.634. The number of hydrogen-bond acceptors (Lipinski definition) is 4. The van der Waals surface area contributed by atoms with E-state index in [0.717, 1.165) is 44.3 Å². The van der Waals surface area contributed by atoms with Crippen LogP contribution in [-0.2, 0) is 17.8 Å². The molecule has 1 heterocycles. The summed E-state index contributed by atoms with van der Waals surface area (Å²) in [5.41, 5.74) is 0.991. The summed E-state index contributed by atoms with van der Waals surface area (Å²) in [6, 6.07) is 0. The lowest BCUT2D eigenvalue weighted by Gasteiger charge is -2.06. The Morgan fingerprint density at radius 1 is 1.20 bits per heavy atom. The average Bonchev–Trinajstić information content (AvgIpc) is 2.81. The lowest BCUT2D eigenvalue weighted by molar-refractivity contribution is 0.117. The predicted octanol–water partition coefficient (Wildman–Crippen LogP) is 2.48. The first kappa shape index (κ1) is 17.1. The first-order valence-corrected chi connectivity index (χ1v) is 7.75. The van der Waals surface area contributed by atoms with E-state index in [4.69, 9.17) is 4.74 Å². The van der Waals surface area contributed by atoms with Crippen molar-refractivity contribution >= 4 is 0 Å². The Kier molecular flexibility index (Phi) is 8.46. The van der Waals surface area contributed by atoms with Crippen LogP contribution in [-0.4, -0.2) is 34.8 Å². The number of rotatable bonds is 11. The summed E-state index contributed by atoms with van der Waals surface area (Å²) < 4.78 is 7.46. The summed E-state index contributed by atoms with van der Waals surface area (Å²) in [7, 11) is 0. The molecule has 0 aliphatic rings. The van der Waals surface area contributed by atoms with E-state index in [9.17, 15) is 0 Å². The van der Waals surface area contributed by atoms with Gasteiger partial charge in [0.25, 0.3) is 0 Å². The van der Waals surface area contributed by atoms with E-state index in [0.29, 0.717) is 12.5 Å². The Labute approximate surface area is 123 Å². The Hall–Kier alpha value is -0.940. The molecule has 1 N–H and O–H groups in total. The van der Waals surface area contributed by atoms with Crippen molar-refractivity contribution in [3.8, 4) is 0 Å². The van der Waals surface area contributed by atoms with Crippen LogP contribution in [0.4, 0.5) is 0 Å². The summed E-state index contributed by atoms with van der Waals surface area (Å²) >= 11 is 0. The summed E-state index contributed by atoms with van der Waals surface area (Å²) in [6.07, 6.45) is 4.36. The Balaban J connectivity index is 2.08. The maximum absolute atomic E-state index is 5.61. The molecule has 20 heavy (non-hydrogen) atoms. The molecule has 0 unspecified atom stereocenters. The zero-order chi connectivity index (χ0) is 14.8. The maximum Gasteiger partial charge on any atom is 0.0964 e. The van der Waals surface area contributed by atoms with Gasteiger partial charge < -0.3 is 10.1 Å². The molecule has 0 fully saturated rings. The highest BCUT2D eigenvalue weighted by Crippen LogP contribution is 2.03. The van der Waals surface area contributed by atoms with Gasteiger partial charge in [0.05, 0.1) is 18.8 Å². The third-order valence-electron chi connectivity index (χ3n) is 2.98. The molecule has 0 saturated heterocycles. The normalized spacial score (nSPS) is 11.7. The van der Waals surface area contributed by atoms with Crippen LogP contribution < -0.4 is 5.32 Å². The highest BCUT2D eigenvalue weighted by atomic mass is 16.5. The SMILES string of the molecule is CC(C)CCCOCCn1cc(CNCC(C)C)nn1. The summed E-state index contributed by atoms with van der Waals surface area (Å²) in [5.74, 6) is 1.42. The molecule has 0 saturated carbocycles. The lowest BCUT2D eigenvalue weighted by Crippen LogP contribution is -2.19. The third kappa shape index (κ3) is 8.27. The van der Waals surface area contributed by atoms with Crippen molar-refractivity contribution in [2.75, 3.05) is 19.8 Å². The van der Waals surface area contributed by atoms with Crippen molar-refractivity contribution in [1.82, 2.24) is 20.3 Å². The molecule has 0 aromatic carbocycles. The van der Waals surface area contributed by atoms with Gasteiger partial charge in [0.1, 0.15) is 0 Å². The topological polar surface area (TPSA) is 52.0 Å². The highest BCUT2D eigenvalue weighted by molar-refractivity contribution is 4.91. The average molecular weight is 282 g/mol. The van der Waals surface area contributed by atoms with Gasteiger partial charge in [-0.15, -0.1) is 5.10 Å². The molecular formula is C15H30N4O. The van der Waals surface area contributed by atoms with Gasteiger partial charge in [-0.25, -0.2) is 4.68 Å². The minimum Gasteiger partial charge on any atom is -0.380 e. The number of nitrogens with zero attached hydrogens (tertiary/aromatic N) is 3. The fourth-order valence-corrected chi connectivity index (χ4v) is 1.87. The largest absolute Gasteiger partial charge is 0.380 e. The summed E-state index contributed by atoms with van der Waals surface area (Å²) in [6.45, 7) is 13.0.